The minimum Gasteiger partial charge on any atom is -0.394 e. The van der Waals surface area contributed by atoms with Crippen LogP contribution < -0.4 is 11.2 Å². The summed E-state index contributed by atoms with van der Waals surface area (Å²) in [7, 11) is 0. The van der Waals surface area contributed by atoms with Crippen molar-refractivity contribution in [3.63, 3.8) is 0 Å². The number of hydrogen-bond acceptors (Lipinski definition) is 5. The van der Waals surface area contributed by atoms with Gasteiger partial charge in [-0.2, -0.15) is 0 Å². The van der Waals surface area contributed by atoms with Gasteiger partial charge in [0.15, 0.2) is 6.23 Å². The van der Waals surface area contributed by atoms with Crippen LogP contribution in [0.4, 0.5) is 0 Å². The smallest absolute Gasteiger partial charge is 0.330 e. The van der Waals surface area contributed by atoms with Crippen LogP contribution in [0.3, 0.4) is 0 Å². The van der Waals surface area contributed by atoms with E-state index in [9.17, 15) is 14.7 Å². The zero-order valence-corrected chi connectivity index (χ0v) is 10.3. The topological polar surface area (TPSA) is 105 Å². The second-order valence-corrected chi connectivity index (χ2v) is 4.67. The number of rotatable bonds is 2. The Hall–Kier alpha value is -1.15. The number of nitrogens with zero attached hydrogens (tertiary/aromatic N) is 1. The number of aromatic amines is 1. The van der Waals surface area contributed by atoms with Crippen molar-refractivity contribution in [2.24, 2.45) is 0 Å². The van der Waals surface area contributed by atoms with E-state index in [-0.39, 0.29) is 0 Å². The van der Waals surface area contributed by atoms with Crippen LogP contribution in [0.2, 0.25) is 0 Å². The van der Waals surface area contributed by atoms with Crippen molar-refractivity contribution in [1.29, 1.82) is 0 Å². The molecular formula is C10H13ClN2O5. The number of halogens is 1. The molecule has 7 nitrogen and oxygen atoms in total. The highest BCUT2D eigenvalue weighted by Gasteiger charge is 2.43. The van der Waals surface area contributed by atoms with Gasteiger partial charge in [-0.1, -0.05) is 0 Å². The summed E-state index contributed by atoms with van der Waals surface area (Å²) < 4.78 is 6.41. The SMILES string of the molecule is Cc1cn([C@@H]2OC(CO)[C@H](O)C2Cl)c(=O)[nH]c1=O. The number of H-pyrrole nitrogens is 1. The molecule has 3 N–H and O–H groups in total. The summed E-state index contributed by atoms with van der Waals surface area (Å²) in [6.07, 6.45) is -1.55. The van der Waals surface area contributed by atoms with Crippen LogP contribution in [-0.2, 0) is 4.74 Å². The fourth-order valence-electron chi connectivity index (χ4n) is 1.85. The molecule has 2 unspecified atom stereocenters. The number of nitrogens with one attached hydrogen (secondary N) is 1. The third-order valence-electron chi connectivity index (χ3n) is 2.89. The number of aliphatic hydroxyl groups is 2. The molecular weight excluding hydrogens is 264 g/mol. The molecule has 1 saturated heterocycles. The Bertz CT molecular complexity index is 554. The van der Waals surface area contributed by atoms with Crippen LogP contribution in [-0.4, -0.2) is 44.0 Å². The number of aryl methyl sites for hydroxylation is 1. The Kier molecular flexibility index (Phi) is 3.58. The lowest BCUT2D eigenvalue weighted by molar-refractivity contribution is -0.0458. The highest BCUT2D eigenvalue weighted by atomic mass is 35.5. The van der Waals surface area contributed by atoms with Gasteiger partial charge in [0.1, 0.15) is 17.6 Å². The third-order valence-corrected chi connectivity index (χ3v) is 3.37. The summed E-state index contributed by atoms with van der Waals surface area (Å²) in [5.74, 6) is 0. The summed E-state index contributed by atoms with van der Waals surface area (Å²) in [4.78, 5) is 25.0. The Morgan fingerprint density at radius 3 is 2.78 bits per heavy atom. The molecule has 1 aliphatic heterocycles. The van der Waals surface area contributed by atoms with Crippen molar-refractivity contribution < 1.29 is 14.9 Å². The van der Waals surface area contributed by atoms with Crippen LogP contribution in [0, 0.1) is 6.92 Å². The van der Waals surface area contributed by atoms with E-state index in [1.807, 2.05) is 0 Å². The maximum absolute atomic E-state index is 11.7. The van der Waals surface area contributed by atoms with Gasteiger partial charge in [0.2, 0.25) is 0 Å². The molecule has 8 heteroatoms. The molecule has 18 heavy (non-hydrogen) atoms. The van der Waals surface area contributed by atoms with Gasteiger partial charge in [0, 0.05) is 11.8 Å². The summed E-state index contributed by atoms with van der Waals surface area (Å²) in [6.45, 7) is 1.13. The number of aromatic nitrogens is 2. The molecule has 2 heterocycles. The van der Waals surface area contributed by atoms with Gasteiger partial charge in [-0.3, -0.25) is 14.3 Å². The van der Waals surface area contributed by atoms with Gasteiger partial charge < -0.3 is 14.9 Å². The van der Waals surface area contributed by atoms with Gasteiger partial charge in [0.25, 0.3) is 5.56 Å². The quantitative estimate of drug-likeness (QED) is 0.583. The molecule has 4 atom stereocenters. The molecule has 0 aromatic carbocycles. The Morgan fingerprint density at radius 1 is 1.56 bits per heavy atom. The van der Waals surface area contributed by atoms with E-state index in [1.165, 1.54) is 13.1 Å². The normalized spacial score (nSPS) is 31.8. The third kappa shape index (κ3) is 2.10. The van der Waals surface area contributed by atoms with Gasteiger partial charge in [-0.15, -0.1) is 11.6 Å². The second-order valence-electron chi connectivity index (χ2n) is 4.16. The molecule has 100 valence electrons. The molecule has 0 aliphatic carbocycles. The van der Waals surface area contributed by atoms with Crippen molar-refractivity contribution in [2.45, 2.75) is 30.7 Å². The zero-order chi connectivity index (χ0) is 13.4. The average Bonchev–Trinajstić information content (AvgIpc) is 2.61. The lowest BCUT2D eigenvalue weighted by Gasteiger charge is -2.16. The number of ether oxygens (including phenoxy) is 1. The number of alkyl halides is 1. The molecule has 0 spiro atoms. The first kappa shape index (κ1) is 13.3. The highest BCUT2D eigenvalue weighted by molar-refractivity contribution is 6.21. The lowest BCUT2D eigenvalue weighted by atomic mass is 10.2. The molecule has 0 amide bonds. The minimum atomic E-state index is -1.08. The largest absolute Gasteiger partial charge is 0.394 e. The predicted octanol–water partition coefficient (Wildman–Crippen LogP) is -1.30. The monoisotopic (exact) mass is 276 g/mol. The summed E-state index contributed by atoms with van der Waals surface area (Å²) in [5.41, 5.74) is -0.837. The minimum absolute atomic E-state index is 0.323. The molecule has 0 radical (unpaired) electrons. The van der Waals surface area contributed by atoms with Crippen molar-refractivity contribution in [2.75, 3.05) is 6.61 Å². The fourth-order valence-corrected chi connectivity index (χ4v) is 2.20. The average molecular weight is 277 g/mol. The van der Waals surface area contributed by atoms with Gasteiger partial charge in [0.05, 0.1) is 6.61 Å². The van der Waals surface area contributed by atoms with E-state index in [0.717, 1.165) is 4.57 Å². The standard InChI is InChI=1S/C10H13ClN2O5/c1-4-2-13(10(17)12-8(4)16)9-6(11)7(15)5(3-14)18-9/h2,5-7,9,14-15H,3H2,1H3,(H,12,16,17)/t5?,6?,7-,9+/m0/s1. The van der Waals surface area contributed by atoms with E-state index in [0.29, 0.717) is 5.56 Å². The van der Waals surface area contributed by atoms with Crippen LogP contribution in [0.5, 0.6) is 0 Å². The molecule has 0 bridgehead atoms. The summed E-state index contributed by atoms with van der Waals surface area (Å²) in [5, 5.41) is 17.8. The van der Waals surface area contributed by atoms with Crippen LogP contribution in [0.1, 0.15) is 11.8 Å². The van der Waals surface area contributed by atoms with Gasteiger partial charge in [-0.25, -0.2) is 4.79 Å². The number of hydrogen-bond donors (Lipinski definition) is 3. The van der Waals surface area contributed by atoms with E-state index >= 15 is 0 Å². The van der Waals surface area contributed by atoms with Crippen molar-refractivity contribution >= 4 is 11.6 Å². The molecule has 1 fully saturated rings. The van der Waals surface area contributed by atoms with Crippen LogP contribution in [0.25, 0.3) is 0 Å². The van der Waals surface area contributed by atoms with Crippen LogP contribution >= 0.6 is 11.6 Å². The Balaban J connectivity index is 2.42. The maximum Gasteiger partial charge on any atom is 0.330 e. The Labute approximate surface area is 107 Å². The van der Waals surface area contributed by atoms with Crippen molar-refractivity contribution in [3.05, 3.63) is 32.6 Å². The highest BCUT2D eigenvalue weighted by Crippen LogP contribution is 2.32. The molecule has 1 aromatic rings. The van der Waals surface area contributed by atoms with Crippen molar-refractivity contribution in [1.82, 2.24) is 9.55 Å². The van der Waals surface area contributed by atoms with E-state index in [1.54, 1.807) is 0 Å². The fraction of sp³-hybridized carbons (Fsp3) is 0.600. The second kappa shape index (κ2) is 4.85. The van der Waals surface area contributed by atoms with Crippen LogP contribution in [0.15, 0.2) is 15.8 Å². The van der Waals surface area contributed by atoms with E-state index in [4.69, 9.17) is 21.4 Å². The first-order chi connectivity index (χ1) is 8.45. The first-order valence-electron chi connectivity index (χ1n) is 5.36. The van der Waals surface area contributed by atoms with E-state index < -0.39 is 41.7 Å². The zero-order valence-electron chi connectivity index (χ0n) is 9.54. The molecule has 1 aromatic heterocycles. The van der Waals surface area contributed by atoms with Crippen molar-refractivity contribution in [3.8, 4) is 0 Å². The molecule has 1 aliphatic rings. The Morgan fingerprint density at radius 2 is 2.22 bits per heavy atom. The molecule has 2 rings (SSSR count). The molecule has 0 saturated carbocycles. The van der Waals surface area contributed by atoms with Gasteiger partial charge in [-0.05, 0) is 6.92 Å². The summed E-state index contributed by atoms with van der Waals surface area (Å²) in [6, 6.07) is 0. The maximum atomic E-state index is 11.7. The van der Waals surface area contributed by atoms with Gasteiger partial charge >= 0.3 is 5.69 Å². The lowest BCUT2D eigenvalue weighted by Crippen LogP contribution is -2.36. The first-order valence-corrected chi connectivity index (χ1v) is 5.80. The van der Waals surface area contributed by atoms with E-state index in [2.05, 4.69) is 4.98 Å². The number of aliphatic hydroxyl groups excluding tert-OH is 2. The summed E-state index contributed by atoms with van der Waals surface area (Å²) >= 11 is 5.96. The predicted molar refractivity (Wildman–Crippen MR) is 62.7 cm³/mol.